The number of aliphatic carboxylic acids is 2. The van der Waals surface area contributed by atoms with Gasteiger partial charge in [-0.2, -0.15) is 0 Å². The lowest BCUT2D eigenvalue weighted by atomic mass is 9.74. The molecule has 0 aliphatic carbocycles. The van der Waals surface area contributed by atoms with Gasteiger partial charge in [0.25, 0.3) is 0 Å². The summed E-state index contributed by atoms with van der Waals surface area (Å²) in [6, 6.07) is 9.38. The Bertz CT molecular complexity index is 455. The fourth-order valence-corrected chi connectivity index (χ4v) is 2.72. The Hall–Kier alpha value is -1.84. The van der Waals surface area contributed by atoms with Crippen molar-refractivity contribution in [2.75, 3.05) is 0 Å². The van der Waals surface area contributed by atoms with Gasteiger partial charge in [-0.1, -0.05) is 56.5 Å². The molecule has 0 heterocycles. The Morgan fingerprint density at radius 2 is 1.62 bits per heavy atom. The molecule has 0 aromatic heterocycles. The van der Waals surface area contributed by atoms with Crippen LogP contribution in [0.25, 0.3) is 0 Å². The quantitative estimate of drug-likeness (QED) is 0.642. The summed E-state index contributed by atoms with van der Waals surface area (Å²) in [6.07, 6.45) is 4.51. The van der Waals surface area contributed by atoms with Gasteiger partial charge in [0.15, 0.2) is 0 Å². The molecule has 1 aromatic carbocycles. The van der Waals surface area contributed by atoms with Gasteiger partial charge in [0.2, 0.25) is 0 Å². The largest absolute Gasteiger partial charge is 0.481 e. The number of carboxylic acid groups (broad SMARTS) is 2. The first-order chi connectivity index (χ1) is 10.0. The van der Waals surface area contributed by atoms with Crippen molar-refractivity contribution in [1.82, 2.24) is 0 Å². The second kappa shape index (κ2) is 8.45. The third-order valence-corrected chi connectivity index (χ3v) is 4.08. The molecule has 0 amide bonds. The highest BCUT2D eigenvalue weighted by Crippen LogP contribution is 2.34. The van der Waals surface area contributed by atoms with E-state index >= 15 is 0 Å². The van der Waals surface area contributed by atoms with Crippen LogP contribution in [0.2, 0.25) is 0 Å². The van der Waals surface area contributed by atoms with Crippen LogP contribution in [0.15, 0.2) is 30.3 Å². The van der Waals surface area contributed by atoms with Crippen molar-refractivity contribution in [1.29, 1.82) is 0 Å². The molecule has 1 atom stereocenters. The minimum absolute atomic E-state index is 0.191. The van der Waals surface area contributed by atoms with Gasteiger partial charge in [0.1, 0.15) is 0 Å². The third kappa shape index (κ3) is 4.88. The molecule has 1 rings (SSSR count). The van der Waals surface area contributed by atoms with Crippen molar-refractivity contribution in [3.8, 4) is 0 Å². The van der Waals surface area contributed by atoms with Crippen molar-refractivity contribution < 1.29 is 19.8 Å². The Labute approximate surface area is 125 Å². The highest BCUT2D eigenvalue weighted by atomic mass is 16.4. The Kier molecular flexibility index (Phi) is 6.92. The Balaban J connectivity index is 2.60. The monoisotopic (exact) mass is 292 g/mol. The molecule has 2 N–H and O–H groups in total. The molecule has 21 heavy (non-hydrogen) atoms. The summed E-state index contributed by atoms with van der Waals surface area (Å²) in [4.78, 5) is 22.2. The second-order valence-corrected chi connectivity index (χ2v) is 5.41. The number of unbranched alkanes of at least 4 members (excludes halogenated alkanes) is 3. The molecular weight excluding hydrogens is 268 g/mol. The number of carbonyl (C=O) groups is 2. The molecular formula is C17H24O4. The van der Waals surface area contributed by atoms with Gasteiger partial charge in [0.05, 0.1) is 5.41 Å². The van der Waals surface area contributed by atoms with Crippen molar-refractivity contribution in [2.45, 2.75) is 57.3 Å². The molecule has 116 valence electrons. The summed E-state index contributed by atoms with van der Waals surface area (Å²) < 4.78 is 0. The molecule has 1 unspecified atom stereocenters. The minimum Gasteiger partial charge on any atom is -0.481 e. The summed E-state index contributed by atoms with van der Waals surface area (Å²) in [7, 11) is 0. The molecule has 0 saturated carbocycles. The molecule has 0 saturated heterocycles. The highest BCUT2D eigenvalue weighted by Gasteiger charge is 2.37. The SMILES string of the molecule is CCC(CCCCCCC(=O)O)(C(=O)O)c1ccccc1. The van der Waals surface area contributed by atoms with Crippen LogP contribution in [0, 0.1) is 0 Å². The van der Waals surface area contributed by atoms with E-state index in [2.05, 4.69) is 0 Å². The lowest BCUT2D eigenvalue weighted by Gasteiger charge is -2.29. The lowest BCUT2D eigenvalue weighted by molar-refractivity contribution is -0.144. The first-order valence-electron chi connectivity index (χ1n) is 7.53. The van der Waals surface area contributed by atoms with E-state index in [0.29, 0.717) is 19.3 Å². The van der Waals surface area contributed by atoms with Gasteiger partial charge < -0.3 is 10.2 Å². The van der Waals surface area contributed by atoms with Crippen molar-refractivity contribution in [2.24, 2.45) is 0 Å². The average molecular weight is 292 g/mol. The molecule has 0 spiro atoms. The van der Waals surface area contributed by atoms with E-state index in [9.17, 15) is 14.7 Å². The molecule has 0 fully saturated rings. The van der Waals surface area contributed by atoms with Crippen LogP contribution in [0.5, 0.6) is 0 Å². The lowest BCUT2D eigenvalue weighted by Crippen LogP contribution is -2.35. The molecule has 0 radical (unpaired) electrons. The van der Waals surface area contributed by atoms with Crippen LogP contribution >= 0.6 is 0 Å². The predicted molar refractivity (Wildman–Crippen MR) is 81.4 cm³/mol. The summed E-state index contributed by atoms with van der Waals surface area (Å²) in [5, 5.41) is 18.3. The van der Waals surface area contributed by atoms with Crippen LogP contribution in [0.3, 0.4) is 0 Å². The van der Waals surface area contributed by atoms with E-state index in [4.69, 9.17) is 5.11 Å². The molecule has 4 nitrogen and oxygen atoms in total. The van der Waals surface area contributed by atoms with Crippen LogP contribution in [-0.4, -0.2) is 22.2 Å². The van der Waals surface area contributed by atoms with E-state index in [0.717, 1.165) is 24.8 Å². The van der Waals surface area contributed by atoms with Crippen LogP contribution in [0.4, 0.5) is 0 Å². The van der Waals surface area contributed by atoms with Gasteiger partial charge in [-0.15, -0.1) is 0 Å². The predicted octanol–water partition coefficient (Wildman–Crippen LogP) is 3.84. The number of hydrogen-bond donors (Lipinski definition) is 2. The van der Waals surface area contributed by atoms with E-state index in [-0.39, 0.29) is 6.42 Å². The van der Waals surface area contributed by atoms with Crippen molar-refractivity contribution >= 4 is 11.9 Å². The summed E-state index contributed by atoms with van der Waals surface area (Å²) in [5.74, 6) is -1.55. The molecule has 0 bridgehead atoms. The maximum atomic E-state index is 11.8. The van der Waals surface area contributed by atoms with Crippen molar-refractivity contribution in [3.05, 3.63) is 35.9 Å². The van der Waals surface area contributed by atoms with Gasteiger partial charge in [-0.25, -0.2) is 0 Å². The number of benzene rings is 1. The third-order valence-electron chi connectivity index (χ3n) is 4.08. The van der Waals surface area contributed by atoms with E-state index in [1.165, 1.54) is 0 Å². The maximum absolute atomic E-state index is 11.8. The zero-order valence-corrected chi connectivity index (χ0v) is 12.5. The average Bonchev–Trinajstić information content (AvgIpc) is 2.47. The fraction of sp³-hybridized carbons (Fsp3) is 0.529. The molecule has 0 aliphatic heterocycles. The maximum Gasteiger partial charge on any atom is 0.314 e. The Morgan fingerprint density at radius 1 is 1.00 bits per heavy atom. The summed E-state index contributed by atoms with van der Waals surface area (Å²) in [6.45, 7) is 1.91. The smallest absolute Gasteiger partial charge is 0.314 e. The first-order valence-corrected chi connectivity index (χ1v) is 7.53. The zero-order chi connectivity index (χ0) is 15.7. The Morgan fingerprint density at radius 3 is 2.14 bits per heavy atom. The summed E-state index contributed by atoms with van der Waals surface area (Å²) in [5.41, 5.74) is 0.0270. The van der Waals surface area contributed by atoms with Gasteiger partial charge in [-0.3, -0.25) is 9.59 Å². The number of hydrogen-bond acceptors (Lipinski definition) is 2. The number of rotatable bonds is 10. The first kappa shape index (κ1) is 17.2. The van der Waals surface area contributed by atoms with Crippen molar-refractivity contribution in [3.63, 3.8) is 0 Å². The van der Waals surface area contributed by atoms with E-state index in [1.807, 2.05) is 37.3 Å². The fourth-order valence-electron chi connectivity index (χ4n) is 2.72. The molecule has 4 heteroatoms. The normalized spacial score (nSPS) is 13.6. The summed E-state index contributed by atoms with van der Waals surface area (Å²) >= 11 is 0. The number of carboxylic acids is 2. The van der Waals surface area contributed by atoms with Crippen LogP contribution < -0.4 is 0 Å². The van der Waals surface area contributed by atoms with Gasteiger partial charge >= 0.3 is 11.9 Å². The highest BCUT2D eigenvalue weighted by molar-refractivity contribution is 5.81. The zero-order valence-electron chi connectivity index (χ0n) is 12.5. The van der Waals surface area contributed by atoms with Crippen LogP contribution in [0.1, 0.15) is 57.4 Å². The van der Waals surface area contributed by atoms with Crippen LogP contribution in [-0.2, 0) is 15.0 Å². The molecule has 1 aromatic rings. The standard InChI is InChI=1S/C17H24O4/c1-2-17(16(20)21,14-10-6-5-7-11-14)13-9-4-3-8-12-15(18)19/h5-7,10-11H,2-4,8-9,12-13H2,1H3,(H,18,19)(H,20,21). The van der Waals surface area contributed by atoms with Gasteiger partial charge in [0, 0.05) is 6.42 Å². The molecule has 0 aliphatic rings. The van der Waals surface area contributed by atoms with E-state index in [1.54, 1.807) is 0 Å². The minimum atomic E-state index is -0.825. The topological polar surface area (TPSA) is 74.6 Å². The van der Waals surface area contributed by atoms with E-state index < -0.39 is 17.4 Å². The van der Waals surface area contributed by atoms with Gasteiger partial charge in [-0.05, 0) is 24.8 Å². The second-order valence-electron chi connectivity index (χ2n) is 5.41.